The van der Waals surface area contributed by atoms with Gasteiger partial charge in [-0.1, -0.05) is 0 Å². The highest BCUT2D eigenvalue weighted by molar-refractivity contribution is 7.91. The van der Waals surface area contributed by atoms with Crippen LogP contribution in [-0.4, -0.2) is 41.7 Å². The molecule has 0 unspecified atom stereocenters. The molecule has 2 heterocycles. The van der Waals surface area contributed by atoms with Gasteiger partial charge in [0.05, 0.1) is 17.2 Å². The van der Waals surface area contributed by atoms with Crippen molar-refractivity contribution in [3.63, 3.8) is 0 Å². The van der Waals surface area contributed by atoms with Gasteiger partial charge in [-0.25, -0.2) is 17.5 Å². The van der Waals surface area contributed by atoms with Gasteiger partial charge in [-0.2, -0.15) is 5.10 Å². The molecule has 1 aromatic carbocycles. The molecule has 132 valence electrons. The third kappa shape index (κ3) is 4.30. The van der Waals surface area contributed by atoms with Crippen molar-refractivity contribution in [2.45, 2.75) is 19.0 Å². The first-order valence-electron chi connectivity index (χ1n) is 7.66. The molecular formula is C16H16FN3O4S. The van der Waals surface area contributed by atoms with Crippen LogP contribution >= 0.6 is 0 Å². The number of nitrogens with zero attached hydrogens (tertiary/aromatic N) is 2. The van der Waals surface area contributed by atoms with Crippen LogP contribution in [-0.2, 0) is 21.2 Å². The first-order valence-corrected chi connectivity index (χ1v) is 9.48. The summed E-state index contributed by atoms with van der Waals surface area (Å²) in [6.07, 6.45) is 0.367. The summed E-state index contributed by atoms with van der Waals surface area (Å²) < 4.78 is 36.8. The molecule has 9 heteroatoms. The van der Waals surface area contributed by atoms with E-state index in [1.807, 2.05) is 0 Å². The minimum absolute atomic E-state index is 0.0518. The molecule has 7 nitrogen and oxygen atoms in total. The molecular weight excluding hydrogens is 349 g/mol. The van der Waals surface area contributed by atoms with Crippen LogP contribution < -0.4 is 10.9 Å². The molecule has 1 amide bonds. The van der Waals surface area contributed by atoms with Gasteiger partial charge in [0.2, 0.25) is 5.91 Å². The van der Waals surface area contributed by atoms with E-state index in [9.17, 15) is 22.4 Å². The number of carbonyl (C=O) groups is 1. The number of sulfone groups is 1. The van der Waals surface area contributed by atoms with E-state index in [2.05, 4.69) is 10.4 Å². The number of hydrogen-bond acceptors (Lipinski definition) is 5. The first kappa shape index (κ1) is 17.3. The van der Waals surface area contributed by atoms with E-state index in [1.54, 1.807) is 0 Å². The van der Waals surface area contributed by atoms with E-state index in [-0.39, 0.29) is 23.9 Å². The summed E-state index contributed by atoms with van der Waals surface area (Å²) >= 11 is 0. The van der Waals surface area contributed by atoms with Crippen LogP contribution in [0, 0.1) is 5.82 Å². The van der Waals surface area contributed by atoms with Crippen molar-refractivity contribution in [1.82, 2.24) is 15.1 Å². The molecule has 3 rings (SSSR count). The lowest BCUT2D eigenvalue weighted by Gasteiger charge is -2.12. The van der Waals surface area contributed by atoms with Crippen molar-refractivity contribution in [3.05, 3.63) is 52.6 Å². The van der Waals surface area contributed by atoms with Crippen molar-refractivity contribution in [3.8, 4) is 11.3 Å². The van der Waals surface area contributed by atoms with Crippen molar-refractivity contribution >= 4 is 15.7 Å². The molecule has 1 N–H and O–H groups in total. The maximum Gasteiger partial charge on any atom is 0.267 e. The van der Waals surface area contributed by atoms with Gasteiger partial charge in [-0.15, -0.1) is 0 Å². The highest BCUT2D eigenvalue weighted by Crippen LogP contribution is 2.15. The van der Waals surface area contributed by atoms with E-state index in [0.29, 0.717) is 17.7 Å². The summed E-state index contributed by atoms with van der Waals surface area (Å²) in [4.78, 5) is 24.0. The molecule has 1 atom stereocenters. The molecule has 1 saturated heterocycles. The Morgan fingerprint density at radius 3 is 2.60 bits per heavy atom. The van der Waals surface area contributed by atoms with Crippen LogP contribution in [0.25, 0.3) is 11.3 Å². The molecule has 0 aliphatic carbocycles. The third-order valence-electron chi connectivity index (χ3n) is 3.90. The lowest BCUT2D eigenvalue weighted by Crippen LogP contribution is -2.40. The summed E-state index contributed by atoms with van der Waals surface area (Å²) in [6, 6.07) is 7.94. The van der Waals surface area contributed by atoms with Gasteiger partial charge in [0.15, 0.2) is 9.84 Å². The van der Waals surface area contributed by atoms with Gasteiger partial charge in [-0.05, 0) is 36.8 Å². The largest absolute Gasteiger partial charge is 0.351 e. The number of benzene rings is 1. The fourth-order valence-electron chi connectivity index (χ4n) is 2.65. The Bertz CT molecular complexity index is 954. The Kier molecular flexibility index (Phi) is 4.67. The number of nitrogens with one attached hydrogen (secondary N) is 1. The Labute approximate surface area is 143 Å². The lowest BCUT2D eigenvalue weighted by molar-refractivity contribution is -0.122. The standard InChI is InChI=1S/C16H16FN3O4S/c17-12-3-1-11(2-4-12)14-5-6-16(22)20(19-14)9-15(21)18-13-7-8-25(23,24)10-13/h1-6,13H,7-10H2,(H,18,21)/t13-/m0/s1. The van der Waals surface area contributed by atoms with Crippen molar-refractivity contribution < 1.29 is 17.6 Å². The smallest absolute Gasteiger partial charge is 0.267 e. The molecule has 1 fully saturated rings. The zero-order valence-corrected chi connectivity index (χ0v) is 14.0. The molecule has 1 aliphatic heterocycles. The topological polar surface area (TPSA) is 98.1 Å². The van der Waals surface area contributed by atoms with Gasteiger partial charge in [0.25, 0.3) is 5.56 Å². The zero-order valence-electron chi connectivity index (χ0n) is 13.2. The summed E-state index contributed by atoms with van der Waals surface area (Å²) in [5.41, 5.74) is 0.577. The van der Waals surface area contributed by atoms with E-state index in [0.717, 1.165) is 4.68 Å². The Morgan fingerprint density at radius 2 is 1.96 bits per heavy atom. The fourth-order valence-corrected chi connectivity index (χ4v) is 4.33. The van der Waals surface area contributed by atoms with E-state index in [4.69, 9.17) is 0 Å². The van der Waals surface area contributed by atoms with E-state index >= 15 is 0 Å². The Morgan fingerprint density at radius 1 is 1.24 bits per heavy atom. The van der Waals surface area contributed by atoms with Gasteiger partial charge < -0.3 is 5.32 Å². The van der Waals surface area contributed by atoms with Gasteiger partial charge in [0.1, 0.15) is 12.4 Å². The lowest BCUT2D eigenvalue weighted by atomic mass is 10.1. The molecule has 25 heavy (non-hydrogen) atoms. The molecule has 0 bridgehead atoms. The van der Waals surface area contributed by atoms with Crippen LogP contribution in [0.5, 0.6) is 0 Å². The highest BCUT2D eigenvalue weighted by Gasteiger charge is 2.28. The molecule has 0 spiro atoms. The second-order valence-electron chi connectivity index (χ2n) is 5.89. The van der Waals surface area contributed by atoms with Crippen LogP contribution in [0.4, 0.5) is 4.39 Å². The summed E-state index contributed by atoms with van der Waals surface area (Å²) in [7, 11) is -3.10. The average molecular weight is 365 g/mol. The zero-order chi connectivity index (χ0) is 18.0. The van der Waals surface area contributed by atoms with Crippen LogP contribution in [0.15, 0.2) is 41.2 Å². The molecule has 1 aromatic heterocycles. The molecule has 1 aliphatic rings. The second-order valence-corrected chi connectivity index (χ2v) is 8.12. The maximum atomic E-state index is 13.0. The Balaban J connectivity index is 1.73. The SMILES string of the molecule is O=C(Cn1nc(-c2ccc(F)cc2)ccc1=O)N[C@H]1CCS(=O)(=O)C1. The van der Waals surface area contributed by atoms with Crippen LogP contribution in [0.1, 0.15) is 6.42 Å². The minimum Gasteiger partial charge on any atom is -0.351 e. The normalized spacial score (nSPS) is 18.8. The van der Waals surface area contributed by atoms with Gasteiger partial charge in [0, 0.05) is 17.7 Å². The maximum absolute atomic E-state index is 13.0. The minimum atomic E-state index is -3.10. The quantitative estimate of drug-likeness (QED) is 0.843. The molecule has 0 radical (unpaired) electrons. The number of carbonyl (C=O) groups excluding carboxylic acids is 1. The fraction of sp³-hybridized carbons (Fsp3) is 0.312. The van der Waals surface area contributed by atoms with Gasteiger partial charge >= 0.3 is 0 Å². The molecule has 0 saturated carbocycles. The number of hydrogen-bond donors (Lipinski definition) is 1. The average Bonchev–Trinajstić information content (AvgIpc) is 2.89. The third-order valence-corrected chi connectivity index (χ3v) is 5.67. The number of halogens is 1. The van der Waals surface area contributed by atoms with Crippen LogP contribution in [0.3, 0.4) is 0 Å². The second kappa shape index (κ2) is 6.75. The summed E-state index contributed by atoms with van der Waals surface area (Å²) in [6.45, 7) is -0.315. The number of aromatic nitrogens is 2. The van der Waals surface area contributed by atoms with Crippen molar-refractivity contribution in [2.75, 3.05) is 11.5 Å². The number of rotatable bonds is 4. The van der Waals surface area contributed by atoms with E-state index < -0.39 is 27.3 Å². The monoisotopic (exact) mass is 365 g/mol. The summed E-state index contributed by atoms with van der Waals surface area (Å²) in [5.74, 6) is -0.900. The first-order chi connectivity index (χ1) is 11.8. The number of amides is 1. The van der Waals surface area contributed by atoms with Crippen LogP contribution in [0.2, 0.25) is 0 Å². The highest BCUT2D eigenvalue weighted by atomic mass is 32.2. The van der Waals surface area contributed by atoms with Gasteiger partial charge in [-0.3, -0.25) is 9.59 Å². The summed E-state index contributed by atoms with van der Waals surface area (Å²) in [5, 5.41) is 6.73. The predicted octanol–water partition coefficient (Wildman–Crippen LogP) is 0.353. The van der Waals surface area contributed by atoms with Crippen molar-refractivity contribution in [2.24, 2.45) is 0 Å². The van der Waals surface area contributed by atoms with Crippen molar-refractivity contribution in [1.29, 1.82) is 0 Å². The molecule has 2 aromatic rings. The Hall–Kier alpha value is -2.55. The van der Waals surface area contributed by atoms with E-state index in [1.165, 1.54) is 36.4 Å². The predicted molar refractivity (Wildman–Crippen MR) is 89.1 cm³/mol.